The third-order valence-corrected chi connectivity index (χ3v) is 6.69. The molecule has 0 saturated carbocycles. The Labute approximate surface area is 165 Å². The van der Waals surface area contributed by atoms with Gasteiger partial charge in [0.15, 0.2) is 0 Å². The van der Waals surface area contributed by atoms with Gasteiger partial charge in [0.2, 0.25) is 10.0 Å². The predicted molar refractivity (Wildman–Crippen MR) is 107 cm³/mol. The average Bonchev–Trinajstić information content (AvgIpc) is 2.67. The molecule has 2 aromatic rings. The van der Waals surface area contributed by atoms with E-state index in [0.29, 0.717) is 41.7 Å². The first-order valence-corrected chi connectivity index (χ1v) is 10.7. The van der Waals surface area contributed by atoms with E-state index in [-0.39, 0.29) is 10.8 Å². The van der Waals surface area contributed by atoms with Gasteiger partial charge in [0.05, 0.1) is 16.5 Å². The molecule has 3 rings (SSSR count). The van der Waals surface area contributed by atoms with Crippen molar-refractivity contribution >= 4 is 21.6 Å². The number of sulfonamides is 1. The molecule has 0 aromatic heterocycles. The van der Waals surface area contributed by atoms with Crippen LogP contribution in [0.1, 0.15) is 36.2 Å². The second-order valence-corrected chi connectivity index (χ2v) is 9.38. The minimum atomic E-state index is -3.55. The lowest BCUT2D eigenvalue weighted by atomic mass is 9.94. The minimum absolute atomic E-state index is 0.221. The molecule has 6 nitrogen and oxygen atoms in total. The first kappa shape index (κ1) is 20.1. The van der Waals surface area contributed by atoms with Crippen LogP contribution in [0.2, 0.25) is 0 Å². The van der Waals surface area contributed by atoms with Crippen LogP contribution in [0, 0.1) is 23.2 Å². The summed E-state index contributed by atoms with van der Waals surface area (Å²) in [6.45, 7) is 5.19. The van der Waals surface area contributed by atoms with E-state index in [4.69, 9.17) is 5.26 Å². The SMILES string of the molecule is C[C@@H]1C[C@@H](C)CN(S(=O)(=O)c2ccc(NC(=O)c3cccc(C#N)c3)cc2)C1. The summed E-state index contributed by atoms with van der Waals surface area (Å²) in [5, 5.41) is 11.7. The van der Waals surface area contributed by atoms with Crippen molar-refractivity contribution < 1.29 is 13.2 Å². The number of nitrogens with one attached hydrogen (secondary N) is 1. The van der Waals surface area contributed by atoms with E-state index < -0.39 is 10.0 Å². The van der Waals surface area contributed by atoms with Crippen molar-refractivity contribution in [3.63, 3.8) is 0 Å². The zero-order chi connectivity index (χ0) is 20.3. The van der Waals surface area contributed by atoms with E-state index in [2.05, 4.69) is 19.2 Å². The van der Waals surface area contributed by atoms with Crippen molar-refractivity contribution in [2.24, 2.45) is 11.8 Å². The van der Waals surface area contributed by atoms with Gasteiger partial charge in [-0.1, -0.05) is 19.9 Å². The maximum atomic E-state index is 12.9. The number of carbonyl (C=O) groups excluding carboxylic acids is 1. The second-order valence-electron chi connectivity index (χ2n) is 7.44. The summed E-state index contributed by atoms with van der Waals surface area (Å²) in [4.78, 5) is 12.6. The summed E-state index contributed by atoms with van der Waals surface area (Å²) >= 11 is 0. The van der Waals surface area contributed by atoms with Crippen molar-refractivity contribution in [3.8, 4) is 6.07 Å². The average molecular weight is 398 g/mol. The van der Waals surface area contributed by atoms with Crippen LogP contribution in [0.3, 0.4) is 0 Å². The molecule has 0 unspecified atom stereocenters. The molecule has 146 valence electrons. The molecule has 1 aliphatic heterocycles. The van der Waals surface area contributed by atoms with E-state index in [1.807, 2.05) is 6.07 Å². The molecule has 1 saturated heterocycles. The second kappa shape index (κ2) is 8.13. The Kier molecular flexibility index (Phi) is 5.82. The zero-order valence-electron chi connectivity index (χ0n) is 15.9. The lowest BCUT2D eigenvalue weighted by molar-refractivity contribution is 0.102. The van der Waals surface area contributed by atoms with Crippen molar-refractivity contribution in [1.29, 1.82) is 5.26 Å². The van der Waals surface area contributed by atoms with Crippen LogP contribution in [0.15, 0.2) is 53.4 Å². The standard InChI is InChI=1S/C21H23N3O3S/c1-15-10-16(2)14-24(13-15)28(26,27)20-8-6-19(7-9-20)23-21(25)18-5-3-4-17(11-18)12-22/h3-9,11,15-16H,10,13-14H2,1-2H3,(H,23,25)/t15-,16-/m1/s1. The number of rotatable bonds is 4. The number of nitrogens with zero attached hydrogens (tertiary/aromatic N) is 2. The third kappa shape index (κ3) is 4.41. The van der Waals surface area contributed by atoms with Crippen LogP contribution >= 0.6 is 0 Å². The summed E-state index contributed by atoms with van der Waals surface area (Å²) in [6, 6.07) is 14.6. The van der Waals surface area contributed by atoms with Gasteiger partial charge in [-0.15, -0.1) is 0 Å². The van der Waals surface area contributed by atoms with Gasteiger partial charge in [0, 0.05) is 24.3 Å². The summed E-state index contributed by atoms with van der Waals surface area (Å²) in [6.07, 6.45) is 1.03. The fraction of sp³-hybridized carbons (Fsp3) is 0.333. The molecule has 2 atom stereocenters. The van der Waals surface area contributed by atoms with Crippen molar-refractivity contribution in [2.45, 2.75) is 25.2 Å². The molecule has 1 heterocycles. The molecule has 0 spiro atoms. The van der Waals surface area contributed by atoms with E-state index in [9.17, 15) is 13.2 Å². The predicted octanol–water partition coefficient (Wildman–Crippen LogP) is 3.48. The highest BCUT2D eigenvalue weighted by Crippen LogP contribution is 2.27. The summed E-state index contributed by atoms with van der Waals surface area (Å²) in [7, 11) is -3.55. The number of nitriles is 1. The Morgan fingerprint density at radius 1 is 1.11 bits per heavy atom. The lowest BCUT2D eigenvalue weighted by Crippen LogP contribution is -2.42. The molecule has 2 aromatic carbocycles. The Morgan fingerprint density at radius 2 is 1.75 bits per heavy atom. The first-order valence-electron chi connectivity index (χ1n) is 9.21. The summed E-state index contributed by atoms with van der Waals surface area (Å²) < 4.78 is 27.4. The topological polar surface area (TPSA) is 90.3 Å². The van der Waals surface area contributed by atoms with E-state index in [0.717, 1.165) is 6.42 Å². The summed E-state index contributed by atoms with van der Waals surface area (Å²) in [5.74, 6) is 0.314. The Morgan fingerprint density at radius 3 is 2.36 bits per heavy atom. The zero-order valence-corrected chi connectivity index (χ0v) is 16.7. The smallest absolute Gasteiger partial charge is 0.255 e. The van der Waals surface area contributed by atoms with Crippen molar-refractivity contribution in [3.05, 3.63) is 59.7 Å². The van der Waals surface area contributed by atoms with E-state index in [1.165, 1.54) is 18.2 Å². The Hall–Kier alpha value is -2.69. The van der Waals surface area contributed by atoms with Gasteiger partial charge < -0.3 is 5.32 Å². The monoisotopic (exact) mass is 397 g/mol. The van der Waals surface area contributed by atoms with Crippen molar-refractivity contribution in [1.82, 2.24) is 4.31 Å². The van der Waals surface area contributed by atoms with Gasteiger partial charge in [-0.2, -0.15) is 9.57 Å². The van der Waals surface area contributed by atoms with Gasteiger partial charge >= 0.3 is 0 Å². The van der Waals surface area contributed by atoms with Crippen molar-refractivity contribution in [2.75, 3.05) is 18.4 Å². The highest BCUT2D eigenvalue weighted by molar-refractivity contribution is 7.89. The number of anilines is 1. The largest absolute Gasteiger partial charge is 0.322 e. The van der Waals surface area contributed by atoms with Gasteiger partial charge in [0.25, 0.3) is 5.91 Å². The van der Waals surface area contributed by atoms with Crippen LogP contribution in [-0.4, -0.2) is 31.7 Å². The summed E-state index contributed by atoms with van der Waals surface area (Å²) in [5.41, 5.74) is 1.26. The number of hydrogen-bond donors (Lipinski definition) is 1. The van der Waals surface area contributed by atoms with Gasteiger partial charge in [-0.25, -0.2) is 8.42 Å². The highest BCUT2D eigenvalue weighted by Gasteiger charge is 2.31. The highest BCUT2D eigenvalue weighted by atomic mass is 32.2. The Balaban J connectivity index is 1.74. The van der Waals surface area contributed by atoms with Crippen LogP contribution in [0.4, 0.5) is 5.69 Å². The fourth-order valence-corrected chi connectivity index (χ4v) is 5.27. The molecule has 0 aliphatic carbocycles. The molecule has 7 heteroatoms. The van der Waals surface area contributed by atoms with Gasteiger partial charge in [0.1, 0.15) is 0 Å². The van der Waals surface area contributed by atoms with Gasteiger partial charge in [-0.3, -0.25) is 4.79 Å². The maximum absolute atomic E-state index is 12.9. The molecule has 0 bridgehead atoms. The number of hydrogen-bond acceptors (Lipinski definition) is 4. The van der Waals surface area contributed by atoms with E-state index in [1.54, 1.807) is 34.6 Å². The quantitative estimate of drug-likeness (QED) is 0.855. The maximum Gasteiger partial charge on any atom is 0.255 e. The molecule has 1 N–H and O–H groups in total. The third-order valence-electron chi connectivity index (χ3n) is 4.84. The molecule has 0 radical (unpaired) electrons. The van der Waals surface area contributed by atoms with Crippen LogP contribution in [-0.2, 0) is 10.0 Å². The molecular formula is C21H23N3O3S. The molecule has 1 fully saturated rings. The molecule has 1 aliphatic rings. The van der Waals surface area contributed by atoms with E-state index >= 15 is 0 Å². The van der Waals surface area contributed by atoms with Crippen LogP contribution < -0.4 is 5.32 Å². The first-order chi connectivity index (χ1) is 13.3. The fourth-order valence-electron chi connectivity index (χ4n) is 3.59. The van der Waals surface area contributed by atoms with Crippen LogP contribution in [0.5, 0.6) is 0 Å². The lowest BCUT2D eigenvalue weighted by Gasteiger charge is -2.34. The normalized spacial score (nSPS) is 20.3. The Bertz CT molecular complexity index is 1000. The number of benzene rings is 2. The van der Waals surface area contributed by atoms with Gasteiger partial charge in [-0.05, 0) is 60.7 Å². The molecular weight excluding hydrogens is 374 g/mol. The van der Waals surface area contributed by atoms with Crippen LogP contribution in [0.25, 0.3) is 0 Å². The number of piperidine rings is 1. The number of carbonyl (C=O) groups is 1. The minimum Gasteiger partial charge on any atom is -0.322 e. The molecule has 28 heavy (non-hydrogen) atoms. The number of amides is 1. The molecule has 1 amide bonds.